The van der Waals surface area contributed by atoms with Gasteiger partial charge in [-0.3, -0.25) is 9.59 Å². The summed E-state index contributed by atoms with van der Waals surface area (Å²) < 4.78 is 9.79. The Morgan fingerprint density at radius 3 is 2.09 bits per heavy atom. The van der Waals surface area contributed by atoms with E-state index in [4.69, 9.17) is 17.0 Å². The first kappa shape index (κ1) is 16.4. The van der Waals surface area contributed by atoms with Crippen LogP contribution in [-0.4, -0.2) is 27.8 Å². The van der Waals surface area contributed by atoms with E-state index in [-0.39, 0.29) is 11.6 Å². The van der Waals surface area contributed by atoms with Gasteiger partial charge >= 0.3 is 0 Å². The van der Waals surface area contributed by atoms with E-state index in [0.29, 0.717) is 30.7 Å². The Kier molecular flexibility index (Phi) is 5.13. The van der Waals surface area contributed by atoms with Crippen LogP contribution in [0, 0.1) is 4.77 Å². The van der Waals surface area contributed by atoms with Crippen LogP contribution in [0.2, 0.25) is 0 Å². The predicted octanol–water partition coefficient (Wildman–Crippen LogP) is 3.14. The summed E-state index contributed by atoms with van der Waals surface area (Å²) in [5.74, 6) is 0.984. The Bertz CT molecular complexity index is 774. The van der Waals surface area contributed by atoms with Gasteiger partial charge in [-0.15, -0.1) is 0 Å². The lowest BCUT2D eigenvalue weighted by molar-refractivity contribution is -0.118. The molecule has 0 saturated carbocycles. The number of rotatable bonds is 7. The molecule has 2 rings (SSSR count). The van der Waals surface area contributed by atoms with E-state index in [2.05, 4.69) is 0 Å². The lowest BCUT2D eigenvalue weighted by Gasteiger charge is -2.04. The molecule has 0 fully saturated rings. The van der Waals surface area contributed by atoms with Crippen LogP contribution < -0.4 is 4.74 Å². The number of benzene rings is 1. The minimum absolute atomic E-state index is 0.120. The van der Waals surface area contributed by atoms with Crippen molar-refractivity contribution in [2.24, 2.45) is 0 Å². The summed E-state index contributed by atoms with van der Waals surface area (Å²) in [5, 5.41) is 0. The molecule has 5 nitrogen and oxygen atoms in total. The third kappa shape index (κ3) is 3.44. The van der Waals surface area contributed by atoms with Gasteiger partial charge in [-0.25, -0.2) is 0 Å². The maximum absolute atomic E-state index is 11.3. The Morgan fingerprint density at radius 2 is 1.59 bits per heavy atom. The molecule has 0 aliphatic carbocycles. The summed E-state index contributed by atoms with van der Waals surface area (Å²) in [6, 6.07) is 5.72. The van der Waals surface area contributed by atoms with Crippen LogP contribution in [0.4, 0.5) is 0 Å². The molecule has 1 aromatic heterocycles. The average molecular weight is 320 g/mol. The van der Waals surface area contributed by atoms with Gasteiger partial charge in [0.15, 0.2) is 4.77 Å². The summed E-state index contributed by atoms with van der Waals surface area (Å²) in [4.78, 5) is 22.6. The fourth-order valence-electron chi connectivity index (χ4n) is 2.40. The highest BCUT2D eigenvalue weighted by atomic mass is 32.1. The molecule has 1 heterocycles. The van der Waals surface area contributed by atoms with Gasteiger partial charge in [-0.05, 0) is 38.2 Å². The number of carbonyl (C=O) groups excluding carboxylic acids is 2. The van der Waals surface area contributed by atoms with E-state index in [1.807, 2.05) is 27.3 Å². The molecule has 0 amide bonds. The lowest BCUT2D eigenvalue weighted by Crippen LogP contribution is -2.06. The smallest absolute Gasteiger partial charge is 0.180 e. The molecule has 0 aliphatic heterocycles. The van der Waals surface area contributed by atoms with Crippen LogP contribution in [0.3, 0.4) is 0 Å². The third-order valence-corrected chi connectivity index (χ3v) is 4.04. The summed E-state index contributed by atoms with van der Waals surface area (Å²) in [7, 11) is 1.61. The number of nitrogens with zero attached hydrogens (tertiary/aromatic N) is 2. The molecule has 0 N–H and O–H groups in total. The highest BCUT2D eigenvalue weighted by Gasteiger charge is 2.12. The van der Waals surface area contributed by atoms with Crippen LogP contribution in [-0.2, 0) is 22.7 Å². The first-order valence-electron chi connectivity index (χ1n) is 7.20. The van der Waals surface area contributed by atoms with Gasteiger partial charge in [0, 0.05) is 32.0 Å². The molecular formula is C16H20N2O3S. The molecule has 2 aromatic rings. The number of methoxy groups -OCH3 is 1. The second-order valence-corrected chi connectivity index (χ2v) is 5.71. The van der Waals surface area contributed by atoms with Gasteiger partial charge in [0.05, 0.1) is 18.1 Å². The Morgan fingerprint density at radius 1 is 1.05 bits per heavy atom. The number of ketones is 2. The van der Waals surface area contributed by atoms with E-state index < -0.39 is 0 Å². The second-order valence-electron chi connectivity index (χ2n) is 5.34. The van der Waals surface area contributed by atoms with Gasteiger partial charge in [-0.2, -0.15) is 0 Å². The first-order valence-corrected chi connectivity index (χ1v) is 7.61. The number of hydrogen-bond acceptors (Lipinski definition) is 4. The molecule has 0 unspecified atom stereocenters. The summed E-state index contributed by atoms with van der Waals surface area (Å²) in [5.41, 5.74) is 1.88. The predicted molar refractivity (Wildman–Crippen MR) is 87.9 cm³/mol. The minimum Gasteiger partial charge on any atom is -0.497 e. The molecule has 0 aliphatic rings. The third-order valence-electron chi connectivity index (χ3n) is 3.60. The van der Waals surface area contributed by atoms with Crippen LogP contribution >= 0.6 is 12.2 Å². The Balaban J connectivity index is 2.54. The molecular weight excluding hydrogens is 300 g/mol. The second kappa shape index (κ2) is 6.87. The number of Topliss-reactive ketones (excluding diaryl/α,β-unsaturated/α-hetero) is 2. The van der Waals surface area contributed by atoms with Gasteiger partial charge < -0.3 is 13.9 Å². The van der Waals surface area contributed by atoms with Crippen molar-refractivity contribution in [2.75, 3.05) is 7.11 Å². The SMILES string of the molecule is COc1ccc2c(c1)n(CCC(C)=O)c(=S)n2CCC(C)=O. The molecule has 0 spiro atoms. The molecule has 1 aromatic carbocycles. The largest absolute Gasteiger partial charge is 0.497 e. The van der Waals surface area contributed by atoms with Crippen molar-refractivity contribution in [3.05, 3.63) is 23.0 Å². The molecule has 0 atom stereocenters. The van der Waals surface area contributed by atoms with Gasteiger partial charge in [-0.1, -0.05) is 0 Å². The van der Waals surface area contributed by atoms with Crippen molar-refractivity contribution in [3.63, 3.8) is 0 Å². The molecule has 0 radical (unpaired) electrons. The van der Waals surface area contributed by atoms with E-state index >= 15 is 0 Å². The number of aromatic nitrogens is 2. The summed E-state index contributed by atoms with van der Waals surface area (Å²) in [6.07, 6.45) is 0.865. The zero-order chi connectivity index (χ0) is 16.3. The molecule has 22 heavy (non-hydrogen) atoms. The van der Waals surface area contributed by atoms with Gasteiger partial charge in [0.25, 0.3) is 0 Å². The van der Waals surface area contributed by atoms with E-state index in [1.165, 1.54) is 0 Å². The zero-order valence-corrected chi connectivity index (χ0v) is 13.9. The van der Waals surface area contributed by atoms with E-state index in [0.717, 1.165) is 16.8 Å². The van der Waals surface area contributed by atoms with Gasteiger partial charge in [0.2, 0.25) is 0 Å². The first-order chi connectivity index (χ1) is 10.4. The van der Waals surface area contributed by atoms with Crippen molar-refractivity contribution in [3.8, 4) is 5.75 Å². The van der Waals surface area contributed by atoms with E-state index in [1.54, 1.807) is 21.0 Å². The van der Waals surface area contributed by atoms with E-state index in [9.17, 15) is 9.59 Å². The molecule has 6 heteroatoms. The van der Waals surface area contributed by atoms with Crippen LogP contribution in [0.5, 0.6) is 5.75 Å². The summed E-state index contributed by atoms with van der Waals surface area (Å²) >= 11 is 5.54. The number of ether oxygens (including phenoxy) is 1. The van der Waals surface area contributed by atoms with Crippen molar-refractivity contribution < 1.29 is 14.3 Å². The van der Waals surface area contributed by atoms with Crippen LogP contribution in [0.1, 0.15) is 26.7 Å². The quantitative estimate of drug-likeness (QED) is 0.736. The normalized spacial score (nSPS) is 10.9. The Labute approximate surface area is 134 Å². The summed E-state index contributed by atoms with van der Waals surface area (Å²) in [6.45, 7) is 4.22. The van der Waals surface area contributed by atoms with Crippen molar-refractivity contribution in [1.82, 2.24) is 9.13 Å². The van der Waals surface area contributed by atoms with Crippen molar-refractivity contribution >= 4 is 34.8 Å². The number of carbonyl (C=O) groups is 2. The maximum Gasteiger partial charge on any atom is 0.180 e. The highest BCUT2D eigenvalue weighted by Crippen LogP contribution is 2.24. The fourth-order valence-corrected chi connectivity index (χ4v) is 2.78. The van der Waals surface area contributed by atoms with Crippen LogP contribution in [0.15, 0.2) is 18.2 Å². The number of hydrogen-bond donors (Lipinski definition) is 0. The van der Waals surface area contributed by atoms with Crippen molar-refractivity contribution in [1.29, 1.82) is 0 Å². The van der Waals surface area contributed by atoms with Gasteiger partial charge in [0.1, 0.15) is 17.3 Å². The zero-order valence-electron chi connectivity index (χ0n) is 13.1. The number of imidazole rings is 1. The molecule has 118 valence electrons. The van der Waals surface area contributed by atoms with Crippen molar-refractivity contribution in [2.45, 2.75) is 39.8 Å². The lowest BCUT2D eigenvalue weighted by atomic mass is 10.2. The Hall–Kier alpha value is -1.95. The topological polar surface area (TPSA) is 53.2 Å². The number of aryl methyl sites for hydroxylation is 2. The number of fused-ring (bicyclic) bond motifs is 1. The fraction of sp³-hybridized carbons (Fsp3) is 0.438. The minimum atomic E-state index is 0.120. The average Bonchev–Trinajstić information content (AvgIpc) is 2.73. The molecule has 0 saturated heterocycles. The highest BCUT2D eigenvalue weighted by molar-refractivity contribution is 7.71. The maximum atomic E-state index is 11.3. The molecule has 0 bridgehead atoms. The monoisotopic (exact) mass is 320 g/mol. The van der Waals surface area contributed by atoms with Crippen LogP contribution in [0.25, 0.3) is 11.0 Å². The standard InChI is InChI=1S/C16H20N2O3S/c1-11(19)6-8-17-14-5-4-13(21-3)10-15(14)18(16(17)22)9-7-12(2)20/h4-5,10H,6-9H2,1-3H3.